The second-order valence-corrected chi connectivity index (χ2v) is 10.0. The number of nitrogens with zero attached hydrogens (tertiary/aromatic N) is 2. The molecular weight excluding hydrogens is 500 g/mol. The van der Waals surface area contributed by atoms with Crippen LogP contribution >= 0.6 is 11.6 Å². The Morgan fingerprint density at radius 1 is 0.947 bits per heavy atom. The average Bonchev–Trinajstić information content (AvgIpc) is 2.95. The van der Waals surface area contributed by atoms with Crippen molar-refractivity contribution in [3.63, 3.8) is 0 Å². The van der Waals surface area contributed by atoms with Gasteiger partial charge in [0, 0.05) is 48.9 Å². The third-order valence-corrected chi connectivity index (χ3v) is 7.53. The van der Waals surface area contributed by atoms with Gasteiger partial charge in [0.1, 0.15) is 16.5 Å². The predicted octanol–water partition coefficient (Wildman–Crippen LogP) is 6.41. The second-order valence-electron chi connectivity index (χ2n) is 9.63. The summed E-state index contributed by atoms with van der Waals surface area (Å²) in [7, 11) is 1.69. The molecule has 0 unspecified atom stereocenters. The number of fused-ring (bicyclic) bond motifs is 1. The minimum absolute atomic E-state index is 0.356. The lowest BCUT2D eigenvalue weighted by atomic mass is 10.0. The van der Waals surface area contributed by atoms with E-state index in [-0.39, 0.29) is 0 Å². The minimum Gasteiger partial charge on any atom is -0.497 e. The molecule has 1 aliphatic rings. The van der Waals surface area contributed by atoms with Gasteiger partial charge in [-0.05, 0) is 67.8 Å². The van der Waals surface area contributed by atoms with E-state index in [2.05, 4.69) is 46.2 Å². The van der Waals surface area contributed by atoms with E-state index in [1.165, 1.54) is 22.9 Å². The highest BCUT2D eigenvalue weighted by Crippen LogP contribution is 2.34. The fraction of sp³-hybridized carbons (Fsp3) is 0.323. The minimum atomic E-state index is -0.404. The number of para-hydroxylation sites is 1. The summed E-state index contributed by atoms with van der Waals surface area (Å²) in [5.41, 5.74) is 4.56. The number of benzene rings is 3. The van der Waals surface area contributed by atoms with Crippen molar-refractivity contribution in [3.8, 4) is 22.6 Å². The molecule has 0 bridgehead atoms. The van der Waals surface area contributed by atoms with Gasteiger partial charge in [-0.25, -0.2) is 4.79 Å². The zero-order chi connectivity index (χ0) is 26.5. The molecule has 0 amide bonds. The summed E-state index contributed by atoms with van der Waals surface area (Å²) in [4.78, 5) is 16.8. The Morgan fingerprint density at radius 3 is 2.47 bits per heavy atom. The first-order chi connectivity index (χ1) is 18.5. The van der Waals surface area contributed by atoms with Gasteiger partial charge >= 0.3 is 5.63 Å². The SMILES string of the molecule is COc1ccc(-c2ccccc2N2CCN(CCCCOc3ccc4c(C)cc(=O)oc4c3Cl)CC2)cc1. The molecule has 5 rings (SSSR count). The van der Waals surface area contributed by atoms with Crippen molar-refractivity contribution < 1.29 is 13.9 Å². The maximum atomic E-state index is 11.7. The number of aryl methyl sites for hydroxylation is 1. The molecule has 1 aromatic heterocycles. The van der Waals surface area contributed by atoms with Crippen molar-refractivity contribution in [2.75, 3.05) is 51.3 Å². The highest BCUT2D eigenvalue weighted by molar-refractivity contribution is 6.36. The van der Waals surface area contributed by atoms with Crippen LogP contribution in [-0.4, -0.2) is 51.3 Å². The maximum absolute atomic E-state index is 11.7. The summed E-state index contributed by atoms with van der Waals surface area (Å²) in [6.45, 7) is 7.55. The van der Waals surface area contributed by atoms with E-state index in [4.69, 9.17) is 25.5 Å². The zero-order valence-corrected chi connectivity index (χ0v) is 22.7. The van der Waals surface area contributed by atoms with Crippen LogP contribution in [0.1, 0.15) is 18.4 Å². The molecule has 0 N–H and O–H groups in total. The number of hydrogen-bond donors (Lipinski definition) is 0. The molecule has 0 saturated carbocycles. The summed E-state index contributed by atoms with van der Waals surface area (Å²) in [5, 5.41) is 1.18. The van der Waals surface area contributed by atoms with Crippen molar-refractivity contribution in [1.82, 2.24) is 4.90 Å². The van der Waals surface area contributed by atoms with E-state index < -0.39 is 5.63 Å². The molecule has 0 atom stereocenters. The molecule has 3 aromatic carbocycles. The first kappa shape index (κ1) is 26.1. The normalized spacial score (nSPS) is 14.1. The first-order valence-electron chi connectivity index (χ1n) is 13.1. The Labute approximate surface area is 228 Å². The Balaban J connectivity index is 1.10. The Kier molecular flexibility index (Phi) is 8.20. The third-order valence-electron chi connectivity index (χ3n) is 7.17. The van der Waals surface area contributed by atoms with Gasteiger partial charge < -0.3 is 18.8 Å². The van der Waals surface area contributed by atoms with Crippen molar-refractivity contribution in [3.05, 3.63) is 87.7 Å². The molecule has 0 spiro atoms. The highest BCUT2D eigenvalue weighted by atomic mass is 35.5. The van der Waals surface area contributed by atoms with Crippen LogP contribution < -0.4 is 20.0 Å². The molecular formula is C31H33ClN2O4. The lowest BCUT2D eigenvalue weighted by Gasteiger charge is -2.37. The number of rotatable bonds is 9. The Bertz CT molecular complexity index is 1440. The van der Waals surface area contributed by atoms with Gasteiger partial charge in [0.05, 0.1) is 13.7 Å². The number of piperazine rings is 1. The van der Waals surface area contributed by atoms with Gasteiger partial charge in [0.2, 0.25) is 0 Å². The average molecular weight is 533 g/mol. The number of ether oxygens (including phenoxy) is 2. The van der Waals surface area contributed by atoms with E-state index >= 15 is 0 Å². The van der Waals surface area contributed by atoms with Crippen molar-refractivity contribution in [2.24, 2.45) is 0 Å². The number of halogens is 1. The van der Waals surface area contributed by atoms with Crippen LogP contribution in [0.15, 0.2) is 75.9 Å². The van der Waals surface area contributed by atoms with E-state index in [1.54, 1.807) is 7.11 Å². The molecule has 6 nitrogen and oxygen atoms in total. The van der Waals surface area contributed by atoms with E-state index in [0.717, 1.165) is 62.3 Å². The van der Waals surface area contributed by atoms with E-state index in [1.807, 2.05) is 31.2 Å². The first-order valence-corrected chi connectivity index (χ1v) is 13.5. The van der Waals surface area contributed by atoms with Gasteiger partial charge in [0.25, 0.3) is 0 Å². The second kappa shape index (κ2) is 11.9. The van der Waals surface area contributed by atoms with Crippen molar-refractivity contribution >= 4 is 28.3 Å². The standard InChI is InChI=1S/C31H33ClN2O4/c1-22-21-29(35)38-31-25(22)13-14-28(30(31)32)37-20-6-5-15-33-16-18-34(19-17-33)27-8-4-3-7-26(27)23-9-11-24(36-2)12-10-23/h3-4,7-14,21H,5-6,15-20H2,1-2H3. The highest BCUT2D eigenvalue weighted by Gasteiger charge is 2.19. The fourth-order valence-corrected chi connectivity index (χ4v) is 5.30. The van der Waals surface area contributed by atoms with Crippen LogP contribution in [0.2, 0.25) is 5.02 Å². The molecule has 198 valence electrons. The molecule has 7 heteroatoms. The van der Waals surface area contributed by atoms with Crippen molar-refractivity contribution in [1.29, 1.82) is 0 Å². The largest absolute Gasteiger partial charge is 0.497 e. The van der Waals surface area contributed by atoms with Crippen LogP contribution in [0.25, 0.3) is 22.1 Å². The van der Waals surface area contributed by atoms with Gasteiger partial charge in [-0.1, -0.05) is 41.9 Å². The van der Waals surface area contributed by atoms with Gasteiger partial charge in [0.15, 0.2) is 5.58 Å². The number of unbranched alkanes of at least 4 members (excludes halogenated alkanes) is 1. The number of anilines is 1. The van der Waals surface area contributed by atoms with E-state index in [9.17, 15) is 4.79 Å². The molecule has 4 aromatic rings. The summed E-state index contributed by atoms with van der Waals surface area (Å²) in [6, 6.07) is 22.1. The van der Waals surface area contributed by atoms with Crippen LogP contribution in [-0.2, 0) is 0 Å². The molecule has 2 heterocycles. The van der Waals surface area contributed by atoms with Gasteiger partial charge in [-0.3, -0.25) is 4.90 Å². The summed E-state index contributed by atoms with van der Waals surface area (Å²) in [5.74, 6) is 1.42. The third kappa shape index (κ3) is 5.82. The topological polar surface area (TPSA) is 55.2 Å². The van der Waals surface area contributed by atoms with Gasteiger partial charge in [-0.15, -0.1) is 0 Å². The Hall–Kier alpha value is -3.48. The van der Waals surface area contributed by atoms with Crippen LogP contribution in [0.4, 0.5) is 5.69 Å². The summed E-state index contributed by atoms with van der Waals surface area (Å²) < 4.78 is 16.6. The van der Waals surface area contributed by atoms with Gasteiger partial charge in [-0.2, -0.15) is 0 Å². The lowest BCUT2D eigenvalue weighted by Crippen LogP contribution is -2.46. The summed E-state index contributed by atoms with van der Waals surface area (Å²) in [6.07, 6.45) is 1.97. The monoisotopic (exact) mass is 532 g/mol. The number of methoxy groups -OCH3 is 1. The fourth-order valence-electron chi connectivity index (χ4n) is 5.04. The maximum Gasteiger partial charge on any atom is 0.336 e. The molecule has 0 aliphatic carbocycles. The smallest absolute Gasteiger partial charge is 0.336 e. The molecule has 0 radical (unpaired) electrons. The van der Waals surface area contributed by atoms with Crippen molar-refractivity contribution in [2.45, 2.75) is 19.8 Å². The molecule has 1 saturated heterocycles. The van der Waals surface area contributed by atoms with E-state index in [0.29, 0.717) is 23.0 Å². The lowest BCUT2D eigenvalue weighted by molar-refractivity contribution is 0.238. The Morgan fingerprint density at radius 2 is 1.71 bits per heavy atom. The van der Waals surface area contributed by atoms with Crippen LogP contribution in [0.5, 0.6) is 11.5 Å². The molecule has 38 heavy (non-hydrogen) atoms. The quantitative estimate of drug-likeness (QED) is 0.183. The molecule has 1 aliphatic heterocycles. The number of hydrogen-bond acceptors (Lipinski definition) is 6. The van der Waals surface area contributed by atoms with Crippen LogP contribution in [0.3, 0.4) is 0 Å². The predicted molar refractivity (Wildman–Crippen MR) is 154 cm³/mol. The molecule has 1 fully saturated rings. The van der Waals surface area contributed by atoms with Crippen LogP contribution in [0, 0.1) is 6.92 Å². The zero-order valence-electron chi connectivity index (χ0n) is 21.9. The summed E-state index contributed by atoms with van der Waals surface area (Å²) >= 11 is 6.47.